The number of H-pyrrole nitrogens is 1. The molecule has 1 aliphatic heterocycles. The van der Waals surface area contributed by atoms with Gasteiger partial charge in [0, 0.05) is 31.2 Å². The number of fused-ring (bicyclic) bond motifs is 1. The predicted molar refractivity (Wildman–Crippen MR) is 169 cm³/mol. The molecule has 1 saturated heterocycles. The molecule has 252 valence electrons. The number of amides is 1. The number of carbonyl (C=O) groups excluding carboxylic acids is 1. The maximum Gasteiger partial charge on any atom is 0.416 e. The standard InChI is InChI=1S/C30H35Cl2F3N4O6S/c1-6-46(43,44)23-10-9-18(31)12-17(23)14-39-26(40)20-13-22(30(33,34)35)21(24(32)25(20)36-27(39)41)16-38-11-7-8-19(15-38)37(5)28(42)45-29(2,3)4/h9-10,12-13,19H,6-8,11,14-16H2,1-5H3,(H,36,41)/t19-/m0/s1. The number of rotatable bonds is 7. The molecule has 0 saturated carbocycles. The summed E-state index contributed by atoms with van der Waals surface area (Å²) in [5.74, 6) is -0.271. The summed E-state index contributed by atoms with van der Waals surface area (Å²) in [5.41, 5.74) is -4.55. The van der Waals surface area contributed by atoms with Gasteiger partial charge in [0.25, 0.3) is 5.56 Å². The molecule has 1 atom stereocenters. The topological polar surface area (TPSA) is 122 Å². The van der Waals surface area contributed by atoms with Crippen LogP contribution in [0.15, 0.2) is 38.8 Å². The summed E-state index contributed by atoms with van der Waals surface area (Å²) in [5, 5.41) is -0.797. The van der Waals surface area contributed by atoms with E-state index in [0.29, 0.717) is 30.0 Å². The van der Waals surface area contributed by atoms with Gasteiger partial charge in [-0.2, -0.15) is 13.2 Å². The monoisotopic (exact) mass is 706 g/mol. The summed E-state index contributed by atoms with van der Waals surface area (Å²) in [6.45, 7) is 6.44. The molecular weight excluding hydrogens is 672 g/mol. The Labute approximate surface area is 273 Å². The number of aromatic amines is 1. The lowest BCUT2D eigenvalue weighted by Crippen LogP contribution is -2.49. The number of piperidine rings is 1. The Morgan fingerprint density at radius 2 is 1.80 bits per heavy atom. The Morgan fingerprint density at radius 3 is 2.41 bits per heavy atom. The molecule has 2 aromatic carbocycles. The average molecular weight is 708 g/mol. The molecule has 46 heavy (non-hydrogen) atoms. The van der Waals surface area contributed by atoms with Crippen molar-refractivity contribution >= 4 is 50.0 Å². The molecule has 3 aromatic rings. The van der Waals surface area contributed by atoms with Crippen molar-refractivity contribution in [2.24, 2.45) is 0 Å². The van der Waals surface area contributed by atoms with E-state index in [2.05, 4.69) is 4.98 Å². The highest BCUT2D eigenvalue weighted by atomic mass is 35.5. The number of likely N-dealkylation sites (tertiary alicyclic amines) is 1. The number of benzene rings is 2. The number of likely N-dealkylation sites (N-methyl/N-ethyl adjacent to an activating group) is 1. The van der Waals surface area contributed by atoms with Crippen molar-refractivity contribution in [3.05, 3.63) is 71.8 Å². The summed E-state index contributed by atoms with van der Waals surface area (Å²) < 4.78 is 74.9. The second-order valence-electron chi connectivity index (χ2n) is 12.2. The van der Waals surface area contributed by atoms with E-state index >= 15 is 0 Å². The van der Waals surface area contributed by atoms with Crippen LogP contribution in [0.3, 0.4) is 0 Å². The molecule has 16 heteroatoms. The van der Waals surface area contributed by atoms with Gasteiger partial charge < -0.3 is 14.6 Å². The van der Waals surface area contributed by atoms with E-state index in [1.165, 1.54) is 30.0 Å². The zero-order valence-electron chi connectivity index (χ0n) is 25.9. The van der Waals surface area contributed by atoms with Gasteiger partial charge in [0.05, 0.1) is 38.7 Å². The SMILES string of the molecule is CCS(=O)(=O)c1ccc(Cl)cc1Cn1c(=O)[nH]c2c(Cl)c(CN3CCC[C@H](N(C)C(=O)OC(C)(C)C)C3)c(C(F)(F)F)cc2c1=O. The Hall–Kier alpha value is -3.07. The van der Waals surface area contributed by atoms with E-state index in [-0.39, 0.29) is 51.4 Å². The van der Waals surface area contributed by atoms with E-state index in [0.717, 1.165) is 0 Å². The third-order valence-corrected chi connectivity index (χ3v) is 10.3. The normalized spacial score (nSPS) is 16.5. The summed E-state index contributed by atoms with van der Waals surface area (Å²) in [6.07, 6.45) is -4.26. The molecule has 1 N–H and O–H groups in total. The molecule has 0 spiro atoms. The molecule has 0 radical (unpaired) electrons. The first-order valence-corrected chi connectivity index (χ1v) is 16.9. The fourth-order valence-corrected chi connectivity index (χ4v) is 7.06. The van der Waals surface area contributed by atoms with Crippen LogP contribution in [0, 0.1) is 0 Å². The van der Waals surface area contributed by atoms with Gasteiger partial charge in [-0.1, -0.05) is 30.1 Å². The Kier molecular flexibility index (Phi) is 10.3. The molecule has 1 aliphatic rings. The number of hydrogen-bond acceptors (Lipinski definition) is 7. The van der Waals surface area contributed by atoms with Gasteiger partial charge >= 0.3 is 18.0 Å². The number of halogens is 5. The highest BCUT2D eigenvalue weighted by molar-refractivity contribution is 7.91. The van der Waals surface area contributed by atoms with E-state index in [4.69, 9.17) is 27.9 Å². The van der Waals surface area contributed by atoms with E-state index in [9.17, 15) is 36.0 Å². The van der Waals surface area contributed by atoms with E-state index < -0.39 is 61.5 Å². The van der Waals surface area contributed by atoms with Crippen molar-refractivity contribution in [2.45, 2.75) is 76.3 Å². The largest absolute Gasteiger partial charge is 0.444 e. The lowest BCUT2D eigenvalue weighted by molar-refractivity contribution is -0.138. The van der Waals surface area contributed by atoms with Crippen molar-refractivity contribution in [1.29, 1.82) is 0 Å². The van der Waals surface area contributed by atoms with Crippen LogP contribution in [0.1, 0.15) is 57.2 Å². The fraction of sp³-hybridized carbons (Fsp3) is 0.500. The number of ether oxygens (including phenoxy) is 1. The molecule has 0 unspecified atom stereocenters. The average Bonchev–Trinajstić information content (AvgIpc) is 2.95. The predicted octanol–water partition coefficient (Wildman–Crippen LogP) is 5.69. The van der Waals surface area contributed by atoms with Gasteiger partial charge in [-0.25, -0.2) is 18.0 Å². The highest BCUT2D eigenvalue weighted by Crippen LogP contribution is 2.39. The number of sulfone groups is 1. The molecule has 0 bridgehead atoms. The second-order valence-corrected chi connectivity index (χ2v) is 15.3. The van der Waals surface area contributed by atoms with E-state index in [1.54, 1.807) is 32.7 Å². The zero-order chi connectivity index (χ0) is 34.4. The van der Waals surface area contributed by atoms with Crippen molar-refractivity contribution < 1.29 is 31.1 Å². The minimum Gasteiger partial charge on any atom is -0.444 e. The maximum absolute atomic E-state index is 14.5. The molecule has 2 heterocycles. The Morgan fingerprint density at radius 1 is 1.13 bits per heavy atom. The van der Waals surface area contributed by atoms with Crippen molar-refractivity contribution in [3.8, 4) is 0 Å². The summed E-state index contributed by atoms with van der Waals surface area (Å²) >= 11 is 12.6. The van der Waals surface area contributed by atoms with Crippen molar-refractivity contribution in [2.75, 3.05) is 25.9 Å². The van der Waals surface area contributed by atoms with Gasteiger partial charge in [-0.05, 0) is 75.5 Å². The Balaban J connectivity index is 1.76. The molecule has 1 fully saturated rings. The lowest BCUT2D eigenvalue weighted by Gasteiger charge is -2.38. The van der Waals surface area contributed by atoms with Gasteiger partial charge in [-0.3, -0.25) is 14.3 Å². The Bertz CT molecular complexity index is 1890. The first kappa shape index (κ1) is 35.8. The van der Waals surface area contributed by atoms with Gasteiger partial charge in [0.15, 0.2) is 9.84 Å². The van der Waals surface area contributed by atoms with Crippen LogP contribution in [0.2, 0.25) is 10.0 Å². The number of hydrogen-bond donors (Lipinski definition) is 1. The summed E-state index contributed by atoms with van der Waals surface area (Å²) in [6, 6.07) is 4.19. The lowest BCUT2D eigenvalue weighted by atomic mass is 10.00. The molecule has 1 amide bonds. The van der Waals surface area contributed by atoms with Gasteiger partial charge in [-0.15, -0.1) is 0 Å². The summed E-state index contributed by atoms with van der Waals surface area (Å²) in [4.78, 5) is 44.8. The van der Waals surface area contributed by atoms with Crippen LogP contribution < -0.4 is 11.2 Å². The number of nitrogens with one attached hydrogen (secondary N) is 1. The quantitative estimate of drug-likeness (QED) is 0.335. The number of aromatic nitrogens is 2. The van der Waals surface area contributed by atoms with Crippen molar-refractivity contribution in [1.82, 2.24) is 19.4 Å². The molecular formula is C30H35Cl2F3N4O6S. The molecule has 10 nitrogen and oxygen atoms in total. The first-order chi connectivity index (χ1) is 21.2. The summed E-state index contributed by atoms with van der Waals surface area (Å²) in [7, 11) is -2.22. The zero-order valence-corrected chi connectivity index (χ0v) is 28.3. The fourth-order valence-electron chi connectivity index (χ4n) is 5.44. The number of nitrogens with zero attached hydrogens (tertiary/aromatic N) is 3. The van der Waals surface area contributed by atoms with Crippen LogP contribution in [0.4, 0.5) is 18.0 Å². The maximum atomic E-state index is 14.5. The minimum atomic E-state index is -4.92. The third kappa shape index (κ3) is 7.72. The third-order valence-electron chi connectivity index (χ3n) is 7.78. The minimum absolute atomic E-state index is 0.0241. The van der Waals surface area contributed by atoms with E-state index in [1.807, 2.05) is 0 Å². The second kappa shape index (κ2) is 13.2. The molecule has 1 aromatic heterocycles. The van der Waals surface area contributed by atoms with Crippen LogP contribution >= 0.6 is 23.2 Å². The first-order valence-electron chi connectivity index (χ1n) is 14.5. The number of carbonyl (C=O) groups is 1. The van der Waals surface area contributed by atoms with Crippen LogP contribution in [0.5, 0.6) is 0 Å². The van der Waals surface area contributed by atoms with Crippen LogP contribution in [0.25, 0.3) is 10.9 Å². The smallest absolute Gasteiger partial charge is 0.416 e. The number of alkyl halides is 3. The van der Waals surface area contributed by atoms with Crippen molar-refractivity contribution in [3.63, 3.8) is 0 Å². The molecule has 0 aliphatic carbocycles. The molecule has 4 rings (SSSR count). The van der Waals surface area contributed by atoms with Crippen LogP contribution in [-0.4, -0.2) is 71.4 Å². The van der Waals surface area contributed by atoms with Gasteiger partial charge in [0.2, 0.25) is 0 Å². The van der Waals surface area contributed by atoms with Gasteiger partial charge in [0.1, 0.15) is 5.60 Å². The highest BCUT2D eigenvalue weighted by Gasteiger charge is 2.37. The van der Waals surface area contributed by atoms with Crippen LogP contribution in [-0.2, 0) is 33.8 Å².